The summed E-state index contributed by atoms with van der Waals surface area (Å²) in [5.41, 5.74) is 4.59. The summed E-state index contributed by atoms with van der Waals surface area (Å²) in [4.78, 5) is 0. The van der Waals surface area contributed by atoms with Gasteiger partial charge in [-0.3, -0.25) is 0 Å². The highest BCUT2D eigenvalue weighted by Crippen LogP contribution is 2.22. The minimum Gasteiger partial charge on any atom is -0.0991 e. The number of rotatable bonds is 4. The van der Waals surface area contributed by atoms with Crippen molar-refractivity contribution in [1.82, 2.24) is 0 Å². The van der Waals surface area contributed by atoms with E-state index in [-0.39, 0.29) is 0 Å². The normalized spacial score (nSPS) is 10.8. The summed E-state index contributed by atoms with van der Waals surface area (Å²) in [6, 6.07) is 8.40. The highest BCUT2D eigenvalue weighted by Gasteiger charge is 2.01. The first-order chi connectivity index (χ1) is 8.69. The van der Waals surface area contributed by atoms with Crippen molar-refractivity contribution in [2.45, 2.75) is 27.7 Å². The molecule has 1 aromatic carbocycles. The molecule has 0 saturated heterocycles. The maximum absolute atomic E-state index is 4.12. The Hall–Kier alpha value is -1.82. The topological polar surface area (TPSA) is 0 Å². The van der Waals surface area contributed by atoms with Gasteiger partial charge in [0.05, 0.1) is 0 Å². The summed E-state index contributed by atoms with van der Waals surface area (Å²) in [5.74, 6) is 0. The van der Waals surface area contributed by atoms with E-state index in [2.05, 4.69) is 50.4 Å². The Morgan fingerprint density at radius 1 is 1.11 bits per heavy atom. The Morgan fingerprint density at radius 2 is 1.67 bits per heavy atom. The van der Waals surface area contributed by atoms with Gasteiger partial charge in [0.25, 0.3) is 0 Å². The molecule has 0 amide bonds. The summed E-state index contributed by atoms with van der Waals surface area (Å²) < 4.78 is 0. The third-order valence-corrected chi connectivity index (χ3v) is 2.47. The largest absolute Gasteiger partial charge is 0.0991 e. The number of allylic oxidation sites excluding steroid dienone is 6. The Balaban J connectivity index is 0.00000137. The molecule has 18 heavy (non-hydrogen) atoms. The fourth-order valence-corrected chi connectivity index (χ4v) is 1.46. The summed E-state index contributed by atoms with van der Waals surface area (Å²) in [5, 5.41) is 0. The van der Waals surface area contributed by atoms with Gasteiger partial charge in [0, 0.05) is 0 Å². The summed E-state index contributed by atoms with van der Waals surface area (Å²) in [6.07, 6.45) is 7.78. The van der Waals surface area contributed by atoms with Crippen molar-refractivity contribution in [3.63, 3.8) is 0 Å². The van der Waals surface area contributed by atoms with Crippen LogP contribution in [-0.4, -0.2) is 0 Å². The van der Waals surface area contributed by atoms with Gasteiger partial charge in [0.1, 0.15) is 0 Å². The molecular formula is C18H24. The number of hydrogen-bond acceptors (Lipinski definition) is 0. The van der Waals surface area contributed by atoms with Crippen molar-refractivity contribution in [3.05, 3.63) is 78.4 Å². The molecule has 0 aliphatic heterocycles. The van der Waals surface area contributed by atoms with Gasteiger partial charge in [-0.15, -0.1) is 0 Å². The van der Waals surface area contributed by atoms with E-state index in [1.54, 1.807) is 6.08 Å². The van der Waals surface area contributed by atoms with E-state index in [0.29, 0.717) is 0 Å². The Bertz CT molecular complexity index is 428. The molecule has 0 radical (unpaired) electrons. The van der Waals surface area contributed by atoms with Crippen LogP contribution in [0.25, 0.3) is 5.57 Å². The molecule has 0 bridgehead atoms. The lowest BCUT2D eigenvalue weighted by atomic mass is 9.98. The molecule has 0 saturated carbocycles. The van der Waals surface area contributed by atoms with Crippen molar-refractivity contribution in [3.8, 4) is 0 Å². The third-order valence-electron chi connectivity index (χ3n) is 2.47. The van der Waals surface area contributed by atoms with Gasteiger partial charge in [-0.1, -0.05) is 81.1 Å². The molecular weight excluding hydrogens is 216 g/mol. The second-order valence-corrected chi connectivity index (χ2v) is 3.68. The number of benzene rings is 1. The maximum atomic E-state index is 4.12. The third kappa shape index (κ3) is 5.01. The number of aryl methyl sites for hydroxylation is 1. The lowest BCUT2D eigenvalue weighted by molar-refractivity contribution is 1.45. The van der Waals surface area contributed by atoms with Crippen LogP contribution in [-0.2, 0) is 0 Å². The van der Waals surface area contributed by atoms with Crippen LogP contribution in [0, 0.1) is 6.92 Å². The van der Waals surface area contributed by atoms with Gasteiger partial charge in [-0.25, -0.2) is 0 Å². The molecule has 0 aliphatic carbocycles. The molecule has 0 atom stereocenters. The number of hydrogen-bond donors (Lipinski definition) is 0. The minimum atomic E-state index is 1.04. The first kappa shape index (κ1) is 16.2. The fourth-order valence-electron chi connectivity index (χ4n) is 1.46. The lowest BCUT2D eigenvalue weighted by Gasteiger charge is -2.07. The van der Waals surface area contributed by atoms with Crippen LogP contribution in [0.2, 0.25) is 0 Å². The molecule has 0 N–H and O–H groups in total. The Morgan fingerprint density at radius 3 is 2.11 bits per heavy atom. The van der Waals surface area contributed by atoms with Crippen molar-refractivity contribution >= 4 is 5.57 Å². The first-order valence-corrected chi connectivity index (χ1v) is 6.40. The summed E-state index contributed by atoms with van der Waals surface area (Å²) in [6.45, 7) is 15.9. The quantitative estimate of drug-likeness (QED) is 0.590. The van der Waals surface area contributed by atoms with E-state index in [9.17, 15) is 0 Å². The van der Waals surface area contributed by atoms with Gasteiger partial charge in [0.15, 0.2) is 0 Å². The molecule has 0 heterocycles. The predicted octanol–water partition coefficient (Wildman–Crippen LogP) is 5.72. The highest BCUT2D eigenvalue weighted by atomic mass is 14.1. The van der Waals surface area contributed by atoms with Crippen LogP contribution >= 0.6 is 0 Å². The summed E-state index contributed by atoms with van der Waals surface area (Å²) in [7, 11) is 0. The predicted molar refractivity (Wildman–Crippen MR) is 84.7 cm³/mol. The maximum Gasteiger partial charge on any atom is -0.0184 e. The van der Waals surface area contributed by atoms with Gasteiger partial charge >= 0.3 is 0 Å². The molecule has 96 valence electrons. The lowest BCUT2D eigenvalue weighted by Crippen LogP contribution is -1.86. The van der Waals surface area contributed by atoms with Crippen LogP contribution in [0.3, 0.4) is 0 Å². The molecule has 0 unspecified atom stereocenters. The molecule has 0 spiro atoms. The van der Waals surface area contributed by atoms with Gasteiger partial charge in [-0.2, -0.15) is 0 Å². The molecule has 1 aromatic rings. The summed E-state index contributed by atoms with van der Waals surface area (Å²) >= 11 is 0. The highest BCUT2D eigenvalue weighted by molar-refractivity contribution is 5.80. The average molecular weight is 240 g/mol. The zero-order valence-electron chi connectivity index (χ0n) is 12.0. The van der Waals surface area contributed by atoms with E-state index < -0.39 is 0 Å². The van der Waals surface area contributed by atoms with E-state index in [1.165, 1.54) is 5.56 Å². The Kier molecular flexibility index (Phi) is 8.30. The van der Waals surface area contributed by atoms with Crippen LogP contribution in [0.1, 0.15) is 31.9 Å². The second-order valence-electron chi connectivity index (χ2n) is 3.68. The fraction of sp³-hybridized carbons (Fsp3) is 0.222. The van der Waals surface area contributed by atoms with E-state index in [0.717, 1.165) is 16.7 Å². The van der Waals surface area contributed by atoms with Crippen LogP contribution in [0.5, 0.6) is 0 Å². The van der Waals surface area contributed by atoms with E-state index in [1.807, 2.05) is 32.9 Å². The second kappa shape index (κ2) is 9.23. The van der Waals surface area contributed by atoms with Gasteiger partial charge < -0.3 is 0 Å². The standard InChI is InChI=1S/C16H18.C2H6/c1-5-7-8-15(6-2)14(4)16-11-9-13(3)10-12-16;1-2/h5-12H,1,4H2,2-3H3;1-2H3/b8-7-,15-6+;. The van der Waals surface area contributed by atoms with Crippen molar-refractivity contribution < 1.29 is 0 Å². The monoisotopic (exact) mass is 240 g/mol. The van der Waals surface area contributed by atoms with Crippen LogP contribution < -0.4 is 0 Å². The van der Waals surface area contributed by atoms with Gasteiger partial charge in [-0.05, 0) is 30.6 Å². The minimum absolute atomic E-state index is 1.04. The Labute approximate surface area is 112 Å². The van der Waals surface area contributed by atoms with Crippen molar-refractivity contribution in [2.24, 2.45) is 0 Å². The van der Waals surface area contributed by atoms with Crippen LogP contribution in [0.15, 0.2) is 67.3 Å². The molecule has 0 aliphatic rings. The van der Waals surface area contributed by atoms with Crippen molar-refractivity contribution in [1.29, 1.82) is 0 Å². The SMILES string of the molecule is C=C/C=C\C(=C/C)C(=C)c1ccc(C)cc1.CC. The van der Waals surface area contributed by atoms with E-state index >= 15 is 0 Å². The van der Waals surface area contributed by atoms with Gasteiger partial charge in [0.2, 0.25) is 0 Å². The van der Waals surface area contributed by atoms with Crippen molar-refractivity contribution in [2.75, 3.05) is 0 Å². The first-order valence-electron chi connectivity index (χ1n) is 6.40. The molecule has 0 heteroatoms. The van der Waals surface area contributed by atoms with E-state index in [4.69, 9.17) is 0 Å². The molecule has 0 nitrogen and oxygen atoms in total. The van der Waals surface area contributed by atoms with Crippen LogP contribution in [0.4, 0.5) is 0 Å². The average Bonchev–Trinajstić information content (AvgIpc) is 2.42. The molecule has 1 rings (SSSR count). The zero-order valence-corrected chi connectivity index (χ0v) is 12.0. The molecule has 0 fully saturated rings. The smallest absolute Gasteiger partial charge is 0.0184 e. The molecule has 0 aromatic heterocycles. The zero-order chi connectivity index (χ0) is 14.0.